The van der Waals surface area contributed by atoms with E-state index in [2.05, 4.69) is 101 Å². The molecule has 1 aromatic heterocycles. The van der Waals surface area contributed by atoms with E-state index in [-0.39, 0.29) is 27.2 Å². The molecule has 0 saturated heterocycles. The first-order valence-corrected chi connectivity index (χ1v) is 17.1. The third kappa shape index (κ3) is 6.29. The number of halogens is 4. The number of nitrogen functional groups attached to an aromatic ring is 1. The van der Waals surface area contributed by atoms with Crippen LogP contribution in [0, 0.1) is 11.3 Å². The van der Waals surface area contributed by atoms with Crippen molar-refractivity contribution in [3.05, 3.63) is 109 Å². The number of nitriles is 1. The number of anilines is 1. The average molecular weight is 618 g/mol. The monoisotopic (exact) mass is 617 g/mol. The molecule has 4 nitrogen and oxygen atoms in total. The summed E-state index contributed by atoms with van der Waals surface area (Å²) in [5, 5.41) is 12.7. The van der Waals surface area contributed by atoms with Crippen LogP contribution in [-0.2, 0) is 15.7 Å². The van der Waals surface area contributed by atoms with Crippen molar-refractivity contribution in [3.63, 3.8) is 0 Å². The fraction of sp³-hybridized carbons (Fsp3) is 0.115. The van der Waals surface area contributed by atoms with Crippen molar-refractivity contribution in [2.24, 2.45) is 0 Å². The van der Waals surface area contributed by atoms with Gasteiger partial charge in [0.1, 0.15) is 11.9 Å². The van der Waals surface area contributed by atoms with Gasteiger partial charge in [-0.05, 0) is 6.92 Å². The van der Waals surface area contributed by atoms with Gasteiger partial charge in [-0.2, -0.15) is 18.4 Å². The molecule has 1 unspecified atom stereocenters. The van der Waals surface area contributed by atoms with Gasteiger partial charge >= 0.3 is 144 Å². The van der Waals surface area contributed by atoms with E-state index in [9.17, 15) is 13.2 Å². The molecule has 0 radical (unpaired) electrons. The van der Waals surface area contributed by atoms with Gasteiger partial charge in [0.15, 0.2) is 5.69 Å². The van der Waals surface area contributed by atoms with Gasteiger partial charge in [0.2, 0.25) is 0 Å². The molecule has 0 amide bonds. The Morgan fingerprint density at radius 2 is 1.31 bits per heavy atom. The van der Waals surface area contributed by atoms with Gasteiger partial charge in [0.25, 0.3) is 0 Å². The van der Waals surface area contributed by atoms with Gasteiger partial charge in [0.05, 0.1) is 17.8 Å². The van der Waals surface area contributed by atoms with E-state index in [0.29, 0.717) is 0 Å². The Labute approximate surface area is 219 Å². The maximum atomic E-state index is 12.4. The van der Waals surface area contributed by atoms with Crippen molar-refractivity contribution in [2.75, 3.05) is 5.73 Å². The van der Waals surface area contributed by atoms with Crippen molar-refractivity contribution in [1.82, 2.24) is 9.97 Å². The van der Waals surface area contributed by atoms with Crippen LogP contribution in [0.3, 0.4) is 0 Å². The first kappa shape index (κ1) is 27.7. The fourth-order valence-corrected chi connectivity index (χ4v) is 14.6. The minimum absolute atomic E-state index is 0.0650. The number of hydrogen-bond donors (Lipinski definition) is 1. The first-order chi connectivity index (χ1) is 17.2. The predicted molar refractivity (Wildman–Crippen MR) is 138 cm³/mol. The van der Waals surface area contributed by atoms with E-state index in [4.69, 9.17) is 20.7 Å². The topological polar surface area (TPSA) is 75.6 Å². The zero-order chi connectivity index (χ0) is 26.2. The Bertz CT molecular complexity index is 1210. The number of nitrogens with two attached hydrogens (primary N) is 1. The molecule has 189 valence electrons. The van der Waals surface area contributed by atoms with Crippen LogP contribution in [-0.4, -0.2) is 16.1 Å². The summed E-state index contributed by atoms with van der Waals surface area (Å²) in [7, 11) is 6.66. The van der Waals surface area contributed by atoms with E-state index < -0.39 is 23.4 Å². The van der Waals surface area contributed by atoms with Crippen LogP contribution >= 0.6 is 15.3 Å². The van der Waals surface area contributed by atoms with Crippen LogP contribution in [0.15, 0.2) is 97.2 Å². The van der Waals surface area contributed by atoms with Gasteiger partial charge in [-0.3, -0.25) is 0 Å². The Morgan fingerprint density at radius 3 is 1.64 bits per heavy atom. The SMILES string of the molecule is CC(c1nc(N)cnc1C#N)C(F)(F)F.[Cl][Rh][PH](c1ccccc1)(c1ccccc1)c1ccccc1. The minimum atomic E-state index is -4.46. The first-order valence-electron chi connectivity index (χ1n) is 10.7. The maximum absolute atomic E-state index is 12.4. The molecule has 4 rings (SSSR count). The van der Waals surface area contributed by atoms with Crippen LogP contribution in [0.2, 0.25) is 0 Å². The van der Waals surface area contributed by atoms with Crippen LogP contribution in [0.5, 0.6) is 0 Å². The second-order valence-electron chi connectivity index (χ2n) is 7.69. The van der Waals surface area contributed by atoms with Gasteiger partial charge < -0.3 is 5.73 Å². The van der Waals surface area contributed by atoms with Gasteiger partial charge in [-0.1, -0.05) is 0 Å². The molecule has 1 atom stereocenters. The van der Waals surface area contributed by atoms with Crippen molar-refractivity contribution in [1.29, 1.82) is 5.26 Å². The number of benzene rings is 3. The summed E-state index contributed by atoms with van der Waals surface area (Å²) in [6.07, 6.45) is -3.42. The van der Waals surface area contributed by atoms with Crippen molar-refractivity contribution in [2.45, 2.75) is 19.0 Å². The molecule has 0 aliphatic carbocycles. The molecule has 0 saturated carbocycles. The summed E-state index contributed by atoms with van der Waals surface area (Å²) >= 11 is -0.0650. The molecule has 0 aliphatic heterocycles. The van der Waals surface area contributed by atoms with Crippen LogP contribution in [0.25, 0.3) is 0 Å². The third-order valence-electron chi connectivity index (χ3n) is 5.40. The summed E-state index contributed by atoms with van der Waals surface area (Å²) < 4.78 is 37.1. The molecule has 0 spiro atoms. The summed E-state index contributed by atoms with van der Waals surface area (Å²) in [6, 6.07) is 33.9. The average Bonchev–Trinajstić information content (AvgIpc) is 2.91. The van der Waals surface area contributed by atoms with E-state index >= 15 is 0 Å². The second-order valence-corrected chi connectivity index (χ2v) is 17.7. The molecular weight excluding hydrogens is 595 g/mol. The van der Waals surface area contributed by atoms with Crippen LogP contribution in [0.4, 0.5) is 19.0 Å². The summed E-state index contributed by atoms with van der Waals surface area (Å²) in [4.78, 5) is 6.97. The number of nitrogens with zero attached hydrogens (tertiary/aromatic N) is 3. The van der Waals surface area contributed by atoms with Crippen LogP contribution in [0.1, 0.15) is 24.2 Å². The molecule has 0 aliphatic rings. The standard InChI is InChI=1S/C18H15P.C8H7F3N4.ClH.Rh/c1-4-10-16(11-5-1)19(17-12-6-2-7-13-17)18-14-8-3-9-15-18;1-4(8(9,10)11)7-5(2-12)14-3-6(13)15-7;;/h1-15H;3-4H,1H3,(H2,13,15);1H;. The van der Waals surface area contributed by atoms with Gasteiger partial charge in [-0.25, -0.2) is 9.97 Å². The molecule has 0 fully saturated rings. The van der Waals surface area contributed by atoms with E-state index in [0.717, 1.165) is 13.1 Å². The molecule has 1 heterocycles. The Hall–Kier alpha value is -2.84. The van der Waals surface area contributed by atoms with E-state index in [1.165, 1.54) is 15.9 Å². The molecular formula is C26H23ClF3N4PRh. The Balaban J connectivity index is 0.000000214. The van der Waals surface area contributed by atoms with Gasteiger partial charge in [-0.15, -0.1) is 0 Å². The van der Waals surface area contributed by atoms with Crippen molar-refractivity contribution in [3.8, 4) is 6.07 Å². The Kier molecular flexibility index (Phi) is 9.57. The van der Waals surface area contributed by atoms with Gasteiger partial charge in [0, 0.05) is 0 Å². The fourth-order valence-electron chi connectivity index (χ4n) is 3.55. The third-order valence-corrected chi connectivity index (χ3v) is 17.9. The number of aromatic nitrogens is 2. The number of hydrogen-bond acceptors (Lipinski definition) is 4. The molecule has 10 heteroatoms. The second kappa shape index (κ2) is 12.4. The molecule has 4 aromatic rings. The van der Waals surface area contributed by atoms with Crippen LogP contribution < -0.4 is 21.6 Å². The number of rotatable bonds is 5. The normalized spacial score (nSPS) is 12.7. The van der Waals surface area contributed by atoms with E-state index in [1.54, 1.807) is 6.07 Å². The summed E-state index contributed by atoms with van der Waals surface area (Å²) in [6.45, 7) is 0.907. The van der Waals surface area contributed by atoms with E-state index in [1.807, 2.05) is 0 Å². The molecule has 0 bridgehead atoms. The summed E-state index contributed by atoms with van der Waals surface area (Å²) in [5.74, 6) is -2.00. The van der Waals surface area contributed by atoms with Crippen molar-refractivity contribution >= 4 is 37.0 Å². The zero-order valence-electron chi connectivity index (χ0n) is 19.1. The zero-order valence-corrected chi connectivity index (χ0v) is 22.5. The van der Waals surface area contributed by atoms with Crippen molar-refractivity contribution < 1.29 is 28.8 Å². The Morgan fingerprint density at radius 1 is 0.889 bits per heavy atom. The predicted octanol–water partition coefficient (Wildman–Crippen LogP) is 5.46. The quantitative estimate of drug-likeness (QED) is 0.239. The summed E-state index contributed by atoms with van der Waals surface area (Å²) in [5.41, 5.74) is 2.36. The molecule has 36 heavy (non-hydrogen) atoms. The number of alkyl halides is 3. The molecule has 2 N–H and O–H groups in total. The molecule has 3 aromatic carbocycles.